The molecule has 0 aromatic heterocycles. The quantitative estimate of drug-likeness (QED) is 0.567. The minimum atomic E-state index is -0.382. The maximum absolute atomic E-state index is 10.9. The molecule has 0 heterocycles. The third-order valence-corrected chi connectivity index (χ3v) is 2.60. The number of nitrogens with one attached hydrogen (secondary N) is 1. The van der Waals surface area contributed by atoms with E-state index in [0.29, 0.717) is 6.42 Å². The molecule has 1 aromatic rings. The van der Waals surface area contributed by atoms with Gasteiger partial charge >= 0.3 is 0 Å². The molecule has 4 nitrogen and oxygen atoms in total. The molecule has 1 atom stereocenters. The first-order chi connectivity index (χ1) is 6.63. The first-order valence-electron chi connectivity index (χ1n) is 4.07. The molecule has 76 valence electrons. The number of carbonyl (C=O) groups is 1. The molecule has 0 bridgehead atoms. The van der Waals surface area contributed by atoms with Crippen molar-refractivity contribution in [2.24, 2.45) is 5.73 Å². The van der Waals surface area contributed by atoms with E-state index in [1.807, 2.05) is 22.9 Å². The molecule has 0 aliphatic rings. The number of halogens is 1. The number of hydrogen-bond donors (Lipinski definition) is 3. The largest absolute Gasteiger partial charge is 0.508 e. The van der Waals surface area contributed by atoms with Crippen molar-refractivity contribution in [3.63, 3.8) is 0 Å². The van der Waals surface area contributed by atoms with Gasteiger partial charge in [0.2, 0.25) is 5.91 Å². The van der Waals surface area contributed by atoms with Crippen LogP contribution in [0.2, 0.25) is 0 Å². The van der Waals surface area contributed by atoms with Gasteiger partial charge in [0.15, 0.2) is 0 Å². The Hall–Kier alpha value is -0.820. The smallest absolute Gasteiger partial charge is 0.235 e. The predicted octanol–water partition coefficient (Wildman–Crippen LogP) is 0.728. The summed E-state index contributed by atoms with van der Waals surface area (Å²) in [4.78, 5) is 10.9. The lowest BCUT2D eigenvalue weighted by Gasteiger charge is -2.10. The highest BCUT2D eigenvalue weighted by molar-refractivity contribution is 14.1. The van der Waals surface area contributed by atoms with Crippen molar-refractivity contribution in [2.45, 2.75) is 12.5 Å². The SMILES string of the molecule is NC(=O)C(Cc1ccc(O)cc1)NI. The average molecular weight is 306 g/mol. The summed E-state index contributed by atoms with van der Waals surface area (Å²) in [5.41, 5.74) is 6.12. The molecule has 0 spiro atoms. The van der Waals surface area contributed by atoms with Crippen LogP contribution in [-0.4, -0.2) is 17.1 Å². The fourth-order valence-corrected chi connectivity index (χ4v) is 1.59. The van der Waals surface area contributed by atoms with Crippen LogP contribution >= 0.6 is 22.9 Å². The van der Waals surface area contributed by atoms with Gasteiger partial charge in [-0.05, 0) is 24.1 Å². The van der Waals surface area contributed by atoms with Crippen molar-refractivity contribution in [1.82, 2.24) is 3.53 Å². The van der Waals surface area contributed by atoms with E-state index in [-0.39, 0.29) is 17.7 Å². The van der Waals surface area contributed by atoms with E-state index < -0.39 is 0 Å². The maximum Gasteiger partial charge on any atom is 0.235 e. The van der Waals surface area contributed by atoms with Gasteiger partial charge in [-0.1, -0.05) is 12.1 Å². The van der Waals surface area contributed by atoms with Crippen molar-refractivity contribution in [1.29, 1.82) is 0 Å². The van der Waals surface area contributed by atoms with E-state index in [1.165, 1.54) is 0 Å². The minimum absolute atomic E-state index is 0.215. The Morgan fingerprint density at radius 3 is 2.50 bits per heavy atom. The summed E-state index contributed by atoms with van der Waals surface area (Å²) in [5, 5.41) is 9.05. The number of hydrogen-bond acceptors (Lipinski definition) is 3. The number of benzene rings is 1. The van der Waals surface area contributed by atoms with Crippen LogP contribution in [0.4, 0.5) is 0 Å². The number of nitrogens with two attached hydrogens (primary N) is 1. The maximum atomic E-state index is 10.9. The summed E-state index contributed by atoms with van der Waals surface area (Å²) in [6, 6.07) is 6.32. The third kappa shape index (κ3) is 3.15. The van der Waals surface area contributed by atoms with Crippen LogP contribution in [0.1, 0.15) is 5.56 Å². The highest BCUT2D eigenvalue weighted by Gasteiger charge is 2.13. The summed E-state index contributed by atoms with van der Waals surface area (Å²) >= 11 is 1.90. The highest BCUT2D eigenvalue weighted by Crippen LogP contribution is 2.11. The Morgan fingerprint density at radius 1 is 1.50 bits per heavy atom. The van der Waals surface area contributed by atoms with Crippen molar-refractivity contribution >= 4 is 28.8 Å². The van der Waals surface area contributed by atoms with Crippen LogP contribution in [0, 0.1) is 0 Å². The molecule has 0 aliphatic carbocycles. The normalized spacial score (nSPS) is 12.4. The van der Waals surface area contributed by atoms with Gasteiger partial charge in [0.1, 0.15) is 5.75 Å². The number of aromatic hydroxyl groups is 1. The Morgan fingerprint density at radius 2 is 2.07 bits per heavy atom. The van der Waals surface area contributed by atoms with Crippen molar-refractivity contribution < 1.29 is 9.90 Å². The van der Waals surface area contributed by atoms with Gasteiger partial charge in [-0.3, -0.25) is 4.79 Å². The van der Waals surface area contributed by atoms with E-state index in [9.17, 15) is 4.79 Å². The Balaban J connectivity index is 2.67. The molecule has 1 amide bonds. The zero-order valence-electron chi connectivity index (χ0n) is 7.40. The first-order valence-corrected chi connectivity index (χ1v) is 5.14. The van der Waals surface area contributed by atoms with Crippen molar-refractivity contribution in [3.8, 4) is 5.75 Å². The molecule has 1 rings (SSSR count). The lowest BCUT2D eigenvalue weighted by atomic mass is 10.1. The molecule has 0 fully saturated rings. The van der Waals surface area contributed by atoms with Gasteiger partial charge in [0.25, 0.3) is 0 Å². The molecule has 1 unspecified atom stereocenters. The number of rotatable bonds is 4. The molecule has 1 aromatic carbocycles. The monoisotopic (exact) mass is 306 g/mol. The fraction of sp³-hybridized carbons (Fsp3) is 0.222. The second-order valence-electron chi connectivity index (χ2n) is 2.93. The Kier molecular flexibility index (Phi) is 4.15. The molecule has 5 heteroatoms. The zero-order chi connectivity index (χ0) is 10.6. The highest BCUT2D eigenvalue weighted by atomic mass is 127. The Bertz CT molecular complexity index is 313. The van der Waals surface area contributed by atoms with Crippen LogP contribution in [0.3, 0.4) is 0 Å². The summed E-state index contributed by atoms with van der Waals surface area (Å²) < 4.78 is 2.80. The third-order valence-electron chi connectivity index (χ3n) is 1.85. The zero-order valence-corrected chi connectivity index (χ0v) is 9.56. The molecule has 0 saturated carbocycles. The van der Waals surface area contributed by atoms with Gasteiger partial charge in [-0.15, -0.1) is 0 Å². The number of carbonyl (C=O) groups excluding carboxylic acids is 1. The summed E-state index contributed by atoms with van der Waals surface area (Å²) in [6.07, 6.45) is 0.526. The van der Waals surface area contributed by atoms with Crippen LogP contribution < -0.4 is 9.26 Å². The van der Waals surface area contributed by atoms with Gasteiger partial charge in [-0.2, -0.15) is 0 Å². The summed E-state index contributed by atoms with van der Waals surface area (Å²) in [6.45, 7) is 0. The molecule has 0 aliphatic heterocycles. The first kappa shape index (κ1) is 11.3. The molecule has 4 N–H and O–H groups in total. The van der Waals surface area contributed by atoms with E-state index in [2.05, 4.69) is 3.53 Å². The van der Waals surface area contributed by atoms with Gasteiger partial charge < -0.3 is 10.8 Å². The summed E-state index contributed by atoms with van der Waals surface area (Å²) in [5.74, 6) is -0.167. The van der Waals surface area contributed by atoms with Crippen molar-refractivity contribution in [3.05, 3.63) is 29.8 Å². The lowest BCUT2D eigenvalue weighted by molar-refractivity contribution is -0.119. The van der Waals surface area contributed by atoms with Crippen LogP contribution in [0.25, 0.3) is 0 Å². The standard InChI is InChI=1S/C9H11IN2O2/c10-12-8(9(11)14)5-6-1-3-7(13)4-2-6/h1-4,8,12-13H,5H2,(H2,11,14). The Labute approximate surface area is 96.0 Å². The summed E-state index contributed by atoms with van der Waals surface area (Å²) in [7, 11) is 0. The minimum Gasteiger partial charge on any atom is -0.508 e. The van der Waals surface area contributed by atoms with Gasteiger partial charge in [0, 0.05) is 22.9 Å². The molecule has 0 saturated heterocycles. The predicted molar refractivity (Wildman–Crippen MR) is 61.9 cm³/mol. The van der Waals surface area contributed by atoms with E-state index >= 15 is 0 Å². The van der Waals surface area contributed by atoms with Crippen LogP contribution in [0.15, 0.2) is 24.3 Å². The molecule has 0 radical (unpaired) electrons. The number of amides is 1. The average Bonchev–Trinajstić information content (AvgIpc) is 2.16. The second kappa shape index (κ2) is 5.16. The van der Waals surface area contributed by atoms with Crippen LogP contribution in [0.5, 0.6) is 5.75 Å². The molecular formula is C9H11IN2O2. The molecule has 14 heavy (non-hydrogen) atoms. The van der Waals surface area contributed by atoms with Crippen LogP contribution in [-0.2, 0) is 11.2 Å². The fourth-order valence-electron chi connectivity index (χ4n) is 1.06. The molecular weight excluding hydrogens is 295 g/mol. The second-order valence-corrected chi connectivity index (χ2v) is 3.56. The van der Waals surface area contributed by atoms with Crippen molar-refractivity contribution in [2.75, 3.05) is 0 Å². The lowest BCUT2D eigenvalue weighted by Crippen LogP contribution is -2.38. The van der Waals surface area contributed by atoms with E-state index in [4.69, 9.17) is 10.8 Å². The van der Waals surface area contributed by atoms with E-state index in [1.54, 1.807) is 24.3 Å². The van der Waals surface area contributed by atoms with Gasteiger partial charge in [0.05, 0.1) is 6.04 Å². The topological polar surface area (TPSA) is 75.4 Å². The number of primary amides is 1. The number of phenols is 1. The van der Waals surface area contributed by atoms with Gasteiger partial charge in [-0.25, -0.2) is 3.53 Å². The number of phenolic OH excluding ortho intramolecular Hbond substituents is 1. The van der Waals surface area contributed by atoms with E-state index in [0.717, 1.165) is 5.56 Å².